The van der Waals surface area contributed by atoms with Crippen LogP contribution in [0.25, 0.3) is 11.3 Å². The van der Waals surface area contributed by atoms with Gasteiger partial charge in [0.25, 0.3) is 0 Å². The zero-order valence-electron chi connectivity index (χ0n) is 15.4. The molecule has 2 aromatic carbocycles. The van der Waals surface area contributed by atoms with E-state index in [2.05, 4.69) is 10.3 Å². The number of carbonyl (C=O) groups is 1. The number of nitrogens with one attached hydrogen (secondary N) is 1. The number of thiazole rings is 1. The molecule has 0 aliphatic heterocycles. The van der Waals surface area contributed by atoms with Gasteiger partial charge in [0.15, 0.2) is 16.6 Å². The van der Waals surface area contributed by atoms with Crippen LogP contribution in [0, 0.1) is 0 Å². The number of hydrogen-bond acceptors (Lipinski definition) is 6. The molecular formula is C20H19ClN2O3S2. The summed E-state index contributed by atoms with van der Waals surface area (Å²) in [6.45, 7) is 0. The molecule has 0 radical (unpaired) electrons. The van der Waals surface area contributed by atoms with Gasteiger partial charge < -0.3 is 14.8 Å². The van der Waals surface area contributed by atoms with E-state index in [1.54, 1.807) is 26.0 Å². The molecule has 8 heteroatoms. The van der Waals surface area contributed by atoms with E-state index in [4.69, 9.17) is 21.1 Å². The highest BCUT2D eigenvalue weighted by Gasteiger charge is 2.11. The number of rotatable bonds is 8. The summed E-state index contributed by atoms with van der Waals surface area (Å²) >= 11 is 8.88. The molecule has 1 heterocycles. The molecule has 1 N–H and O–H groups in total. The van der Waals surface area contributed by atoms with Gasteiger partial charge in [-0.15, -0.1) is 23.1 Å². The smallest absolute Gasteiger partial charge is 0.226 e. The molecule has 0 aliphatic rings. The molecule has 1 amide bonds. The van der Waals surface area contributed by atoms with E-state index in [-0.39, 0.29) is 5.91 Å². The highest BCUT2D eigenvalue weighted by atomic mass is 35.5. The van der Waals surface area contributed by atoms with Gasteiger partial charge in [0.1, 0.15) is 0 Å². The third-order valence-corrected chi connectivity index (χ3v) is 5.86. The Morgan fingerprint density at radius 2 is 1.89 bits per heavy atom. The lowest BCUT2D eigenvalue weighted by atomic mass is 10.1. The van der Waals surface area contributed by atoms with Gasteiger partial charge in [0, 0.05) is 33.0 Å². The summed E-state index contributed by atoms with van der Waals surface area (Å²) in [5.41, 5.74) is 1.67. The molecule has 3 rings (SSSR count). The summed E-state index contributed by atoms with van der Waals surface area (Å²) < 4.78 is 10.6. The summed E-state index contributed by atoms with van der Waals surface area (Å²) in [6.07, 6.45) is 0.401. The second kappa shape index (κ2) is 9.82. The van der Waals surface area contributed by atoms with E-state index in [1.165, 1.54) is 11.3 Å². The second-order valence-corrected chi connectivity index (χ2v) is 8.17. The highest BCUT2D eigenvalue weighted by molar-refractivity contribution is 7.99. The molecule has 0 saturated heterocycles. The number of anilines is 1. The Kier molecular flexibility index (Phi) is 7.19. The number of halogens is 1. The van der Waals surface area contributed by atoms with E-state index < -0.39 is 0 Å². The van der Waals surface area contributed by atoms with Gasteiger partial charge in [0.2, 0.25) is 5.91 Å². The van der Waals surface area contributed by atoms with Gasteiger partial charge in [-0.05, 0) is 42.5 Å². The van der Waals surface area contributed by atoms with Crippen molar-refractivity contribution >= 4 is 45.7 Å². The van der Waals surface area contributed by atoms with Gasteiger partial charge in [-0.25, -0.2) is 4.98 Å². The SMILES string of the molecule is COc1ccc(-c2csc(NC(=O)CCSc3ccc(Cl)cc3)n2)cc1OC. The van der Waals surface area contributed by atoms with Gasteiger partial charge in [-0.1, -0.05) is 11.6 Å². The van der Waals surface area contributed by atoms with E-state index in [0.29, 0.717) is 33.8 Å². The van der Waals surface area contributed by atoms with Gasteiger partial charge >= 0.3 is 0 Å². The first-order chi connectivity index (χ1) is 13.6. The van der Waals surface area contributed by atoms with Gasteiger partial charge in [-0.2, -0.15) is 0 Å². The topological polar surface area (TPSA) is 60.5 Å². The van der Waals surface area contributed by atoms with Crippen LogP contribution in [0.15, 0.2) is 52.7 Å². The number of ether oxygens (including phenoxy) is 2. The van der Waals surface area contributed by atoms with Crippen molar-refractivity contribution in [1.82, 2.24) is 4.98 Å². The predicted molar refractivity (Wildman–Crippen MR) is 116 cm³/mol. The molecule has 0 bridgehead atoms. The fourth-order valence-electron chi connectivity index (χ4n) is 2.43. The zero-order chi connectivity index (χ0) is 19.9. The van der Waals surface area contributed by atoms with E-state index in [1.807, 2.05) is 47.8 Å². The lowest BCUT2D eigenvalue weighted by molar-refractivity contribution is -0.115. The van der Waals surface area contributed by atoms with E-state index in [0.717, 1.165) is 16.2 Å². The Morgan fingerprint density at radius 1 is 1.14 bits per heavy atom. The quantitative estimate of drug-likeness (QED) is 0.467. The average molecular weight is 435 g/mol. The normalized spacial score (nSPS) is 10.5. The molecule has 0 spiro atoms. The molecule has 0 atom stereocenters. The highest BCUT2D eigenvalue weighted by Crippen LogP contribution is 2.33. The van der Waals surface area contributed by atoms with Crippen LogP contribution in [0.3, 0.4) is 0 Å². The monoisotopic (exact) mass is 434 g/mol. The maximum absolute atomic E-state index is 12.2. The maximum Gasteiger partial charge on any atom is 0.226 e. The van der Waals surface area contributed by atoms with E-state index >= 15 is 0 Å². The minimum Gasteiger partial charge on any atom is -0.493 e. The number of amides is 1. The number of hydrogen-bond donors (Lipinski definition) is 1. The van der Waals surface area contributed by atoms with Crippen molar-refractivity contribution in [3.8, 4) is 22.8 Å². The first-order valence-corrected chi connectivity index (χ1v) is 10.7. The predicted octanol–water partition coefficient (Wildman–Crippen LogP) is 5.60. The number of nitrogens with zero attached hydrogens (tertiary/aromatic N) is 1. The maximum atomic E-state index is 12.2. The van der Waals surface area contributed by atoms with Crippen molar-refractivity contribution < 1.29 is 14.3 Å². The van der Waals surface area contributed by atoms with Gasteiger partial charge in [-0.3, -0.25) is 4.79 Å². The standard InChI is InChI=1S/C20H19ClN2O3S2/c1-25-17-8-3-13(11-18(17)26-2)16-12-28-20(22-16)23-19(24)9-10-27-15-6-4-14(21)5-7-15/h3-8,11-12H,9-10H2,1-2H3,(H,22,23,24). The van der Waals surface area contributed by atoms with Crippen LogP contribution in [0.4, 0.5) is 5.13 Å². The minimum atomic E-state index is -0.0605. The molecule has 3 aromatic rings. The largest absolute Gasteiger partial charge is 0.493 e. The van der Waals surface area contributed by atoms with Gasteiger partial charge in [0.05, 0.1) is 19.9 Å². The van der Waals surface area contributed by atoms with E-state index in [9.17, 15) is 4.79 Å². The number of carbonyl (C=O) groups excluding carboxylic acids is 1. The number of methoxy groups -OCH3 is 2. The number of benzene rings is 2. The summed E-state index contributed by atoms with van der Waals surface area (Å²) in [7, 11) is 3.19. The van der Waals surface area contributed by atoms with Crippen molar-refractivity contribution in [3.63, 3.8) is 0 Å². The van der Waals surface area contributed by atoms with Crippen molar-refractivity contribution in [1.29, 1.82) is 0 Å². The van der Waals surface area contributed by atoms with Crippen LogP contribution in [-0.4, -0.2) is 30.9 Å². The molecule has 5 nitrogen and oxygen atoms in total. The second-order valence-electron chi connectivity index (χ2n) is 5.71. The molecule has 0 unspecified atom stereocenters. The lowest BCUT2D eigenvalue weighted by Gasteiger charge is -2.08. The molecule has 1 aromatic heterocycles. The average Bonchev–Trinajstić information content (AvgIpc) is 3.17. The van der Waals surface area contributed by atoms with Crippen molar-refractivity contribution in [2.75, 3.05) is 25.3 Å². The van der Waals surface area contributed by atoms with Crippen molar-refractivity contribution in [2.24, 2.45) is 0 Å². The molecule has 146 valence electrons. The third kappa shape index (κ3) is 5.41. The van der Waals surface area contributed by atoms with Crippen molar-refractivity contribution in [3.05, 3.63) is 52.9 Å². The van der Waals surface area contributed by atoms with Crippen LogP contribution in [0.5, 0.6) is 11.5 Å². The van der Waals surface area contributed by atoms with Crippen LogP contribution in [0.1, 0.15) is 6.42 Å². The van der Waals surface area contributed by atoms with Crippen LogP contribution in [0.2, 0.25) is 5.02 Å². The number of thioether (sulfide) groups is 1. The Hall–Kier alpha value is -2.22. The zero-order valence-corrected chi connectivity index (χ0v) is 17.8. The fraction of sp³-hybridized carbons (Fsp3) is 0.200. The number of aromatic nitrogens is 1. The summed E-state index contributed by atoms with van der Waals surface area (Å²) in [6, 6.07) is 13.2. The Morgan fingerprint density at radius 3 is 2.61 bits per heavy atom. The molecule has 0 aliphatic carbocycles. The molecular weight excluding hydrogens is 416 g/mol. The van der Waals surface area contributed by atoms with Crippen molar-refractivity contribution in [2.45, 2.75) is 11.3 Å². The summed E-state index contributed by atoms with van der Waals surface area (Å²) in [5, 5.41) is 6.04. The molecule has 0 fully saturated rings. The lowest BCUT2D eigenvalue weighted by Crippen LogP contribution is -2.11. The first kappa shape index (κ1) is 20.5. The fourth-order valence-corrected chi connectivity index (χ4v) is 4.15. The minimum absolute atomic E-state index is 0.0605. The first-order valence-electron chi connectivity index (χ1n) is 8.45. The Balaban J connectivity index is 1.55. The summed E-state index contributed by atoms with van der Waals surface area (Å²) in [4.78, 5) is 17.8. The van der Waals surface area contributed by atoms with Crippen LogP contribution in [-0.2, 0) is 4.79 Å². The van der Waals surface area contributed by atoms with Crippen LogP contribution < -0.4 is 14.8 Å². The molecule has 28 heavy (non-hydrogen) atoms. The summed E-state index contributed by atoms with van der Waals surface area (Å²) in [5.74, 6) is 1.92. The Labute approximate surface area is 177 Å². The third-order valence-electron chi connectivity index (χ3n) is 3.84. The van der Waals surface area contributed by atoms with Crippen LogP contribution >= 0.6 is 34.7 Å². The Bertz CT molecular complexity index is 945. The molecule has 0 saturated carbocycles.